The van der Waals surface area contributed by atoms with E-state index in [0.29, 0.717) is 10.7 Å². The van der Waals surface area contributed by atoms with Gasteiger partial charge in [0.15, 0.2) is 0 Å². The van der Waals surface area contributed by atoms with Crippen LogP contribution in [-0.2, 0) is 6.54 Å². The first-order valence-electron chi connectivity index (χ1n) is 7.87. The van der Waals surface area contributed by atoms with Crippen molar-refractivity contribution < 1.29 is 0 Å². The molecule has 21 heavy (non-hydrogen) atoms. The lowest BCUT2D eigenvalue weighted by Gasteiger charge is -2.23. The Morgan fingerprint density at radius 1 is 1.29 bits per heavy atom. The molecule has 1 aliphatic rings. The number of rotatable bonds is 5. The lowest BCUT2D eigenvalue weighted by Crippen LogP contribution is -2.28. The zero-order valence-electron chi connectivity index (χ0n) is 13.7. The molecule has 0 saturated carbocycles. The van der Waals surface area contributed by atoms with E-state index >= 15 is 0 Å². The van der Waals surface area contributed by atoms with Crippen LogP contribution in [-0.4, -0.2) is 40.1 Å². The zero-order chi connectivity index (χ0) is 15.3. The summed E-state index contributed by atoms with van der Waals surface area (Å²) < 4.78 is 0.378. The van der Waals surface area contributed by atoms with E-state index in [-0.39, 0.29) is 0 Å². The van der Waals surface area contributed by atoms with Crippen LogP contribution in [0.1, 0.15) is 39.8 Å². The van der Waals surface area contributed by atoms with E-state index in [1.54, 1.807) is 0 Å². The Bertz CT molecular complexity index is 430. The van der Waals surface area contributed by atoms with Gasteiger partial charge in [-0.2, -0.15) is 11.8 Å². The third-order valence-corrected chi connectivity index (χ3v) is 5.08. The number of aromatic nitrogens is 2. The third kappa shape index (κ3) is 5.47. The van der Waals surface area contributed by atoms with Gasteiger partial charge in [0.25, 0.3) is 0 Å². The first-order valence-corrected chi connectivity index (χ1v) is 8.85. The van der Waals surface area contributed by atoms with E-state index in [4.69, 9.17) is 0 Å². The quantitative estimate of drug-likeness (QED) is 0.906. The Labute approximate surface area is 133 Å². The Balaban J connectivity index is 1.89. The minimum atomic E-state index is 0.378. The van der Waals surface area contributed by atoms with Crippen molar-refractivity contribution in [2.45, 2.75) is 45.4 Å². The van der Waals surface area contributed by atoms with Crippen molar-refractivity contribution in [3.05, 3.63) is 18.1 Å². The summed E-state index contributed by atoms with van der Waals surface area (Å²) in [7, 11) is 0. The molecule has 1 N–H and O–H groups in total. The van der Waals surface area contributed by atoms with Crippen molar-refractivity contribution >= 4 is 17.6 Å². The summed E-state index contributed by atoms with van der Waals surface area (Å²) in [4.78, 5) is 11.5. The molecule has 5 heteroatoms. The van der Waals surface area contributed by atoms with Gasteiger partial charge >= 0.3 is 0 Å². The van der Waals surface area contributed by atoms with Crippen LogP contribution in [0, 0.1) is 5.92 Å². The molecule has 0 unspecified atom stereocenters. The van der Waals surface area contributed by atoms with Crippen LogP contribution in [0.3, 0.4) is 0 Å². The average molecular weight is 308 g/mol. The first-order chi connectivity index (χ1) is 9.96. The summed E-state index contributed by atoms with van der Waals surface area (Å²) in [6, 6.07) is 0. The van der Waals surface area contributed by atoms with Gasteiger partial charge in [0.05, 0.1) is 18.1 Å². The van der Waals surface area contributed by atoms with E-state index < -0.39 is 0 Å². The Hall–Kier alpha value is -0.810. The molecule has 0 spiro atoms. The van der Waals surface area contributed by atoms with Crippen LogP contribution in [0.2, 0.25) is 0 Å². The van der Waals surface area contributed by atoms with Crippen LogP contribution in [0.5, 0.6) is 0 Å². The maximum atomic E-state index is 4.60. The zero-order valence-corrected chi connectivity index (χ0v) is 14.5. The minimum absolute atomic E-state index is 0.378. The molecule has 0 atom stereocenters. The molecule has 2 heterocycles. The fourth-order valence-electron chi connectivity index (χ4n) is 2.34. The van der Waals surface area contributed by atoms with Gasteiger partial charge < -0.3 is 10.2 Å². The van der Waals surface area contributed by atoms with E-state index in [1.165, 1.54) is 6.42 Å². The lowest BCUT2D eigenvalue weighted by molar-refractivity contribution is 0.547. The van der Waals surface area contributed by atoms with Gasteiger partial charge in [0.1, 0.15) is 5.82 Å². The van der Waals surface area contributed by atoms with Gasteiger partial charge in [-0.05, 0) is 18.9 Å². The van der Waals surface area contributed by atoms with Crippen molar-refractivity contribution in [2.75, 3.05) is 30.3 Å². The smallest absolute Gasteiger partial charge is 0.147 e. The standard InChI is InChI=1S/C16H28N4S/c1-13(2)9-17-10-14-11-19-15(12-18-14)20-6-5-16(3,4)21-8-7-20/h11-13,17H,5-10H2,1-4H3. The molecule has 0 aromatic carbocycles. The molecule has 4 nitrogen and oxygen atoms in total. The first kappa shape index (κ1) is 16.6. The van der Waals surface area contributed by atoms with Crippen LogP contribution in [0.25, 0.3) is 0 Å². The maximum Gasteiger partial charge on any atom is 0.147 e. The highest BCUT2D eigenvalue weighted by atomic mass is 32.2. The van der Waals surface area contributed by atoms with Crippen molar-refractivity contribution in [3.63, 3.8) is 0 Å². The van der Waals surface area contributed by atoms with Crippen molar-refractivity contribution in [1.82, 2.24) is 15.3 Å². The summed E-state index contributed by atoms with van der Waals surface area (Å²) in [6.07, 6.45) is 5.03. The van der Waals surface area contributed by atoms with Crippen LogP contribution < -0.4 is 10.2 Å². The fraction of sp³-hybridized carbons (Fsp3) is 0.750. The molecule has 0 aliphatic carbocycles. The maximum absolute atomic E-state index is 4.60. The van der Waals surface area contributed by atoms with E-state index in [9.17, 15) is 0 Å². The van der Waals surface area contributed by atoms with Gasteiger partial charge in [-0.15, -0.1) is 0 Å². The molecule has 1 aliphatic heterocycles. The van der Waals surface area contributed by atoms with E-state index in [0.717, 1.165) is 43.4 Å². The molecule has 0 bridgehead atoms. The number of hydrogen-bond acceptors (Lipinski definition) is 5. The summed E-state index contributed by atoms with van der Waals surface area (Å²) in [5.74, 6) is 2.84. The Kier molecular flexibility index (Phi) is 5.88. The highest BCUT2D eigenvalue weighted by Crippen LogP contribution is 2.31. The topological polar surface area (TPSA) is 41.1 Å². The third-order valence-electron chi connectivity index (χ3n) is 3.71. The molecular weight excluding hydrogens is 280 g/mol. The molecule has 118 valence electrons. The molecule has 1 fully saturated rings. The molecular formula is C16H28N4S. The van der Waals surface area contributed by atoms with Crippen molar-refractivity contribution in [3.8, 4) is 0 Å². The molecule has 0 amide bonds. The number of nitrogens with one attached hydrogen (secondary N) is 1. The highest BCUT2D eigenvalue weighted by Gasteiger charge is 2.24. The van der Waals surface area contributed by atoms with Gasteiger partial charge in [-0.25, -0.2) is 4.98 Å². The SMILES string of the molecule is CC(C)CNCc1cnc(N2CCSC(C)(C)CC2)cn1. The largest absolute Gasteiger partial charge is 0.354 e. The van der Waals surface area contributed by atoms with Crippen molar-refractivity contribution in [1.29, 1.82) is 0 Å². The van der Waals surface area contributed by atoms with Gasteiger partial charge in [-0.1, -0.05) is 27.7 Å². The summed E-state index contributed by atoms with van der Waals surface area (Å²) in [5, 5.41) is 3.40. The molecule has 1 aromatic rings. The molecule has 0 radical (unpaired) electrons. The predicted octanol–water partition coefficient (Wildman–Crippen LogP) is 2.94. The van der Waals surface area contributed by atoms with Gasteiger partial charge in [-0.3, -0.25) is 4.98 Å². The molecule has 1 saturated heterocycles. The normalized spacial score (nSPS) is 18.8. The number of hydrogen-bond donors (Lipinski definition) is 1. The Morgan fingerprint density at radius 3 is 2.76 bits per heavy atom. The second-order valence-electron chi connectivity index (χ2n) is 6.74. The number of thioether (sulfide) groups is 1. The van der Waals surface area contributed by atoms with Gasteiger partial charge in [0, 0.05) is 30.1 Å². The average Bonchev–Trinajstić information content (AvgIpc) is 2.60. The van der Waals surface area contributed by atoms with Crippen molar-refractivity contribution in [2.24, 2.45) is 5.92 Å². The second kappa shape index (κ2) is 7.45. The van der Waals surface area contributed by atoms with Crippen LogP contribution >= 0.6 is 11.8 Å². The molecule has 1 aromatic heterocycles. The monoisotopic (exact) mass is 308 g/mol. The number of nitrogens with zero attached hydrogens (tertiary/aromatic N) is 3. The number of anilines is 1. The lowest BCUT2D eigenvalue weighted by atomic mass is 10.1. The van der Waals surface area contributed by atoms with E-state index in [1.807, 2.05) is 12.4 Å². The predicted molar refractivity (Wildman–Crippen MR) is 91.9 cm³/mol. The minimum Gasteiger partial charge on any atom is -0.354 e. The molecule has 2 rings (SSSR count). The fourth-order valence-corrected chi connectivity index (χ4v) is 3.44. The highest BCUT2D eigenvalue weighted by molar-refractivity contribution is 8.00. The van der Waals surface area contributed by atoms with Gasteiger partial charge in [0.2, 0.25) is 0 Å². The summed E-state index contributed by atoms with van der Waals surface area (Å²) in [6.45, 7) is 13.0. The summed E-state index contributed by atoms with van der Waals surface area (Å²) >= 11 is 2.06. The van der Waals surface area contributed by atoms with Crippen LogP contribution in [0.15, 0.2) is 12.4 Å². The summed E-state index contributed by atoms with van der Waals surface area (Å²) in [5.41, 5.74) is 1.02. The second-order valence-corrected chi connectivity index (χ2v) is 8.54. The van der Waals surface area contributed by atoms with Crippen LogP contribution in [0.4, 0.5) is 5.82 Å². The Morgan fingerprint density at radius 2 is 2.10 bits per heavy atom. The van der Waals surface area contributed by atoms with E-state index in [2.05, 4.69) is 59.6 Å².